The van der Waals surface area contributed by atoms with Crippen molar-refractivity contribution >= 4 is 6.29 Å². The normalized spacial score (nSPS) is 35.0. The number of hydrogen-bond donors (Lipinski definition) is 2. The number of carbonyl (C=O) groups excluding carboxylic acids is 1. The molecule has 1 spiro atoms. The van der Waals surface area contributed by atoms with Crippen LogP contribution in [0.15, 0.2) is 6.07 Å². The summed E-state index contributed by atoms with van der Waals surface area (Å²) in [5, 5.41) is 21.3. The smallest absolute Gasteiger partial charge is 0.212 e. The van der Waals surface area contributed by atoms with E-state index >= 15 is 0 Å². The molecule has 4 unspecified atom stereocenters. The van der Waals surface area contributed by atoms with Crippen molar-refractivity contribution in [3.63, 3.8) is 0 Å². The third-order valence-corrected chi connectivity index (χ3v) is 6.55. The Labute approximate surface area is 148 Å². The predicted molar refractivity (Wildman–Crippen MR) is 91.9 cm³/mol. The molecule has 4 rings (SSSR count). The van der Waals surface area contributed by atoms with Gasteiger partial charge < -0.3 is 19.7 Å². The lowest BCUT2D eigenvalue weighted by molar-refractivity contribution is -0.165. The fraction of sp³-hybridized carbons (Fsp3) is 0.650. The molecule has 2 aliphatic heterocycles. The second kappa shape index (κ2) is 5.21. The molecule has 0 bridgehead atoms. The van der Waals surface area contributed by atoms with Crippen molar-refractivity contribution in [1.82, 2.24) is 0 Å². The molecule has 25 heavy (non-hydrogen) atoms. The van der Waals surface area contributed by atoms with Crippen LogP contribution in [0.3, 0.4) is 0 Å². The summed E-state index contributed by atoms with van der Waals surface area (Å²) in [4.78, 5) is 11.9. The summed E-state index contributed by atoms with van der Waals surface area (Å²) >= 11 is 0. The van der Waals surface area contributed by atoms with E-state index in [-0.39, 0.29) is 23.0 Å². The van der Waals surface area contributed by atoms with Gasteiger partial charge in [-0.25, -0.2) is 0 Å². The average molecular weight is 346 g/mol. The molecule has 1 aliphatic carbocycles. The number of aromatic hydroxyl groups is 1. The first-order chi connectivity index (χ1) is 11.7. The highest BCUT2D eigenvalue weighted by Crippen LogP contribution is 2.65. The highest BCUT2D eigenvalue weighted by molar-refractivity contribution is 5.86. The van der Waals surface area contributed by atoms with Gasteiger partial charge in [0.05, 0.1) is 11.0 Å². The summed E-state index contributed by atoms with van der Waals surface area (Å²) in [7, 11) is 0. The van der Waals surface area contributed by atoms with Crippen molar-refractivity contribution in [3.8, 4) is 11.5 Å². The van der Waals surface area contributed by atoms with Crippen LogP contribution in [0.2, 0.25) is 0 Å². The van der Waals surface area contributed by atoms with Gasteiger partial charge in [0.1, 0.15) is 11.5 Å². The number of aldehydes is 1. The molecule has 2 N–H and O–H groups in total. The molecule has 2 fully saturated rings. The second-order valence-corrected chi connectivity index (χ2v) is 8.71. The fourth-order valence-corrected chi connectivity index (χ4v) is 5.54. The van der Waals surface area contributed by atoms with E-state index in [9.17, 15) is 15.0 Å². The minimum atomic E-state index is -0.931. The summed E-state index contributed by atoms with van der Waals surface area (Å²) in [5.41, 5.74) is 0.987. The van der Waals surface area contributed by atoms with Gasteiger partial charge in [0.15, 0.2) is 12.6 Å². The number of hydrogen-bond acceptors (Lipinski definition) is 5. The molecular weight excluding hydrogens is 320 g/mol. The number of ether oxygens (including phenoxy) is 2. The molecule has 2 heterocycles. The van der Waals surface area contributed by atoms with E-state index in [2.05, 4.69) is 13.8 Å². The maximum Gasteiger partial charge on any atom is 0.212 e. The zero-order chi connectivity index (χ0) is 18.1. The monoisotopic (exact) mass is 346 g/mol. The van der Waals surface area contributed by atoms with Gasteiger partial charge in [-0.3, -0.25) is 4.79 Å². The number of fused-ring (bicyclic) bond motifs is 1. The molecule has 3 aliphatic rings. The molecule has 5 nitrogen and oxygen atoms in total. The first kappa shape index (κ1) is 16.9. The summed E-state index contributed by atoms with van der Waals surface area (Å²) < 4.78 is 11.9. The minimum absolute atomic E-state index is 0.0332. The van der Waals surface area contributed by atoms with Gasteiger partial charge in [-0.15, -0.1) is 0 Å². The topological polar surface area (TPSA) is 76.0 Å². The van der Waals surface area contributed by atoms with Crippen LogP contribution in [-0.2, 0) is 10.2 Å². The Hall–Kier alpha value is -1.59. The molecule has 0 aromatic heterocycles. The third kappa shape index (κ3) is 1.99. The first-order valence-corrected chi connectivity index (χ1v) is 9.09. The maximum atomic E-state index is 11.9. The van der Waals surface area contributed by atoms with Gasteiger partial charge in [0, 0.05) is 17.0 Å². The van der Waals surface area contributed by atoms with Crippen LogP contribution < -0.4 is 4.74 Å². The van der Waals surface area contributed by atoms with Gasteiger partial charge in [-0.1, -0.05) is 34.1 Å². The Balaban J connectivity index is 2.00. The van der Waals surface area contributed by atoms with Crippen LogP contribution in [0, 0.1) is 11.3 Å². The van der Waals surface area contributed by atoms with Crippen molar-refractivity contribution in [2.24, 2.45) is 11.3 Å². The Morgan fingerprint density at radius 2 is 2.04 bits per heavy atom. The van der Waals surface area contributed by atoms with Crippen molar-refractivity contribution in [1.29, 1.82) is 0 Å². The fourth-order valence-electron chi connectivity index (χ4n) is 5.54. The zero-order valence-corrected chi connectivity index (χ0v) is 15.2. The van der Waals surface area contributed by atoms with Gasteiger partial charge in [0.25, 0.3) is 0 Å². The van der Waals surface area contributed by atoms with E-state index in [4.69, 9.17) is 9.47 Å². The number of phenolic OH excluding ortho intramolecular Hbond substituents is 1. The predicted octanol–water partition coefficient (Wildman–Crippen LogP) is 3.46. The molecule has 1 aromatic rings. The summed E-state index contributed by atoms with van der Waals surface area (Å²) in [6, 6.07) is 1.84. The van der Waals surface area contributed by atoms with Crippen LogP contribution in [-0.4, -0.2) is 29.1 Å². The zero-order valence-electron chi connectivity index (χ0n) is 15.2. The van der Waals surface area contributed by atoms with Gasteiger partial charge in [-0.05, 0) is 30.2 Å². The number of aliphatic hydroxyl groups excluding tert-OH is 1. The molecule has 4 atom stereocenters. The summed E-state index contributed by atoms with van der Waals surface area (Å²) in [6.07, 6.45) is 1.90. The van der Waals surface area contributed by atoms with E-state index in [1.54, 1.807) is 0 Å². The molecule has 1 aromatic carbocycles. The lowest BCUT2D eigenvalue weighted by Gasteiger charge is -2.47. The van der Waals surface area contributed by atoms with Crippen LogP contribution in [0.5, 0.6) is 11.5 Å². The molecule has 5 heteroatoms. The molecule has 0 radical (unpaired) electrons. The minimum Gasteiger partial charge on any atom is -0.507 e. The van der Waals surface area contributed by atoms with Crippen molar-refractivity contribution in [2.75, 3.05) is 0 Å². The second-order valence-electron chi connectivity index (χ2n) is 8.71. The van der Waals surface area contributed by atoms with Crippen LogP contribution in [0.4, 0.5) is 0 Å². The highest BCUT2D eigenvalue weighted by atomic mass is 16.7. The van der Waals surface area contributed by atoms with Crippen molar-refractivity contribution in [2.45, 2.75) is 70.9 Å². The summed E-state index contributed by atoms with van der Waals surface area (Å²) in [5.74, 6) is 0.535. The SMILES string of the molecule is CC(C)c1cc2c(c(C=O)c1O)C13CCCC(C)(C)C1C(O)OC3O2. The lowest BCUT2D eigenvalue weighted by atomic mass is 9.54. The molecule has 1 saturated carbocycles. The number of rotatable bonds is 2. The maximum absolute atomic E-state index is 11.9. The molecule has 136 valence electrons. The Kier molecular flexibility index (Phi) is 3.51. The lowest BCUT2D eigenvalue weighted by Crippen LogP contribution is -2.50. The number of aliphatic hydroxyl groups is 1. The summed E-state index contributed by atoms with van der Waals surface area (Å²) in [6.45, 7) is 8.21. The van der Waals surface area contributed by atoms with Crippen molar-refractivity contribution < 1.29 is 24.5 Å². The van der Waals surface area contributed by atoms with Gasteiger partial charge >= 0.3 is 0 Å². The number of phenols is 1. The van der Waals surface area contributed by atoms with E-state index in [0.29, 0.717) is 16.9 Å². The number of benzene rings is 1. The Bertz CT molecular complexity index is 738. The van der Waals surface area contributed by atoms with E-state index in [1.807, 2.05) is 19.9 Å². The van der Waals surface area contributed by atoms with Gasteiger partial charge in [0.2, 0.25) is 6.29 Å². The molecule has 0 amide bonds. The third-order valence-electron chi connectivity index (χ3n) is 6.55. The molecular formula is C20H26O5. The first-order valence-electron chi connectivity index (χ1n) is 9.09. The van der Waals surface area contributed by atoms with E-state index in [1.165, 1.54) is 0 Å². The quantitative estimate of drug-likeness (QED) is 0.802. The average Bonchev–Trinajstić information content (AvgIpc) is 2.95. The Morgan fingerprint density at radius 1 is 1.32 bits per heavy atom. The Morgan fingerprint density at radius 3 is 2.68 bits per heavy atom. The van der Waals surface area contributed by atoms with Crippen LogP contribution in [0.25, 0.3) is 0 Å². The van der Waals surface area contributed by atoms with Crippen LogP contribution in [0.1, 0.15) is 74.4 Å². The van der Waals surface area contributed by atoms with E-state index in [0.717, 1.165) is 31.1 Å². The van der Waals surface area contributed by atoms with Crippen molar-refractivity contribution in [3.05, 3.63) is 22.8 Å². The standard InChI is InChI=1S/C20H26O5/c1-10(2)11-8-13-14(12(9-21)15(11)22)20-7-5-6-19(3,4)16(20)17(23)25-18(20)24-13/h8-10,16-18,22-23H,5-7H2,1-4H3. The number of carbonyl (C=O) groups is 1. The highest BCUT2D eigenvalue weighted by Gasteiger charge is 2.68. The molecule has 1 saturated heterocycles. The van der Waals surface area contributed by atoms with Crippen LogP contribution >= 0.6 is 0 Å². The largest absolute Gasteiger partial charge is 0.507 e. The van der Waals surface area contributed by atoms with Gasteiger partial charge in [-0.2, -0.15) is 0 Å². The van der Waals surface area contributed by atoms with E-state index < -0.39 is 18.0 Å².